The second-order valence-electron chi connectivity index (χ2n) is 2.35. The SMILES string of the molecule is Br.[Br-].c1ccc(-[n+]2cc[nH]c2)cc1. The van der Waals surface area contributed by atoms with Gasteiger partial charge in [-0.1, -0.05) is 18.2 Å². The fourth-order valence-corrected chi connectivity index (χ4v) is 1.05. The van der Waals surface area contributed by atoms with Gasteiger partial charge in [-0.2, -0.15) is 0 Å². The smallest absolute Gasteiger partial charge is 0.246 e. The van der Waals surface area contributed by atoms with Gasteiger partial charge in [0.25, 0.3) is 0 Å². The predicted molar refractivity (Wildman–Crippen MR) is 52.6 cm³/mol. The Morgan fingerprint density at radius 2 is 1.77 bits per heavy atom. The van der Waals surface area contributed by atoms with Crippen LogP contribution in [0.2, 0.25) is 0 Å². The van der Waals surface area contributed by atoms with Crippen LogP contribution < -0.4 is 21.5 Å². The quantitative estimate of drug-likeness (QED) is 0.644. The van der Waals surface area contributed by atoms with E-state index in [2.05, 4.69) is 17.1 Å². The van der Waals surface area contributed by atoms with Crippen molar-refractivity contribution in [2.45, 2.75) is 0 Å². The fraction of sp³-hybridized carbons (Fsp3) is 0. The number of aromatic nitrogens is 2. The highest BCUT2D eigenvalue weighted by atomic mass is 79.9. The van der Waals surface area contributed by atoms with E-state index in [0.29, 0.717) is 0 Å². The highest BCUT2D eigenvalue weighted by molar-refractivity contribution is 8.93. The Kier molecular flexibility index (Phi) is 5.66. The molecule has 0 bridgehead atoms. The molecule has 4 heteroatoms. The van der Waals surface area contributed by atoms with E-state index in [-0.39, 0.29) is 34.0 Å². The molecule has 0 amide bonds. The van der Waals surface area contributed by atoms with Gasteiger partial charge in [0.15, 0.2) is 0 Å². The van der Waals surface area contributed by atoms with Gasteiger partial charge in [-0.05, 0) is 12.1 Å². The molecular formula is C9H10Br2N2. The molecule has 13 heavy (non-hydrogen) atoms. The van der Waals surface area contributed by atoms with Gasteiger partial charge in [0, 0.05) is 0 Å². The molecule has 0 saturated carbocycles. The van der Waals surface area contributed by atoms with Crippen LogP contribution in [0.5, 0.6) is 0 Å². The van der Waals surface area contributed by atoms with E-state index >= 15 is 0 Å². The summed E-state index contributed by atoms with van der Waals surface area (Å²) in [5, 5.41) is 0. The minimum absolute atomic E-state index is 0. The number of H-pyrrole nitrogens is 1. The number of nitrogens with one attached hydrogen (secondary N) is 1. The average molecular weight is 306 g/mol. The van der Waals surface area contributed by atoms with E-state index in [1.54, 1.807) is 0 Å². The summed E-state index contributed by atoms with van der Waals surface area (Å²) in [7, 11) is 0. The van der Waals surface area contributed by atoms with Crippen LogP contribution in [0.15, 0.2) is 49.1 Å². The molecule has 2 nitrogen and oxygen atoms in total. The molecule has 0 aliphatic heterocycles. The van der Waals surface area contributed by atoms with Crippen molar-refractivity contribution in [3.63, 3.8) is 0 Å². The molecule has 70 valence electrons. The first-order valence-corrected chi connectivity index (χ1v) is 3.56. The topological polar surface area (TPSA) is 19.7 Å². The van der Waals surface area contributed by atoms with Crippen molar-refractivity contribution in [2.75, 3.05) is 0 Å². The normalized spacial score (nSPS) is 8.31. The monoisotopic (exact) mass is 304 g/mol. The third-order valence-corrected chi connectivity index (χ3v) is 1.60. The lowest BCUT2D eigenvalue weighted by Gasteiger charge is -1.91. The molecule has 0 saturated heterocycles. The van der Waals surface area contributed by atoms with Crippen LogP contribution in [0.25, 0.3) is 5.69 Å². The molecule has 2 rings (SSSR count). The maximum Gasteiger partial charge on any atom is 0.246 e. The van der Waals surface area contributed by atoms with Crippen LogP contribution in [-0.2, 0) is 0 Å². The first-order chi connectivity index (χ1) is 5.47. The molecule has 0 atom stereocenters. The highest BCUT2D eigenvalue weighted by Crippen LogP contribution is 1.95. The lowest BCUT2D eigenvalue weighted by Crippen LogP contribution is -3.00. The number of nitrogens with zero attached hydrogens (tertiary/aromatic N) is 1. The standard InChI is InChI=1S/C9H8N2.2BrH/c1-2-4-9(5-3-1)11-7-6-10-8-11;;/h1-8H;2*1H. The second kappa shape index (κ2) is 5.94. The number of aromatic amines is 1. The van der Waals surface area contributed by atoms with Gasteiger partial charge in [0.05, 0.1) is 0 Å². The summed E-state index contributed by atoms with van der Waals surface area (Å²) in [4.78, 5) is 2.99. The number of halogens is 2. The zero-order valence-electron chi connectivity index (χ0n) is 6.85. The predicted octanol–water partition coefficient (Wildman–Crippen LogP) is -1.13. The molecule has 1 N–H and O–H groups in total. The summed E-state index contributed by atoms with van der Waals surface area (Å²) in [6.45, 7) is 0. The lowest BCUT2D eigenvalue weighted by atomic mass is 10.3. The molecular weight excluding hydrogens is 296 g/mol. The first-order valence-electron chi connectivity index (χ1n) is 3.56. The van der Waals surface area contributed by atoms with Crippen LogP contribution >= 0.6 is 17.0 Å². The van der Waals surface area contributed by atoms with Crippen LogP contribution in [-0.4, -0.2) is 4.98 Å². The van der Waals surface area contributed by atoms with Crippen molar-refractivity contribution < 1.29 is 21.5 Å². The molecule has 0 unspecified atom stereocenters. The molecule has 0 spiro atoms. The van der Waals surface area contributed by atoms with E-state index in [4.69, 9.17) is 0 Å². The number of imidazole rings is 1. The minimum Gasteiger partial charge on any atom is -1.00 e. The Hall–Kier alpha value is -0.610. The summed E-state index contributed by atoms with van der Waals surface area (Å²) in [6.07, 6.45) is 5.79. The minimum atomic E-state index is 0. The van der Waals surface area contributed by atoms with E-state index in [1.807, 2.05) is 41.5 Å². The number of para-hydroxylation sites is 1. The average Bonchev–Trinajstić information content (AvgIpc) is 2.58. The Labute approximate surface area is 98.2 Å². The summed E-state index contributed by atoms with van der Waals surface area (Å²) in [5.74, 6) is 0. The summed E-state index contributed by atoms with van der Waals surface area (Å²) in [5.41, 5.74) is 1.17. The van der Waals surface area contributed by atoms with Gasteiger partial charge in [-0.25, -0.2) is 9.55 Å². The van der Waals surface area contributed by atoms with Crippen molar-refractivity contribution in [3.8, 4) is 5.69 Å². The zero-order valence-corrected chi connectivity index (χ0v) is 10.2. The highest BCUT2D eigenvalue weighted by Gasteiger charge is 1.97. The Balaban J connectivity index is 0.000000720. The molecule has 0 aliphatic rings. The van der Waals surface area contributed by atoms with Crippen LogP contribution in [0.1, 0.15) is 0 Å². The lowest BCUT2D eigenvalue weighted by molar-refractivity contribution is -0.594. The van der Waals surface area contributed by atoms with E-state index in [0.717, 1.165) is 0 Å². The fourth-order valence-electron chi connectivity index (χ4n) is 1.05. The third-order valence-electron chi connectivity index (χ3n) is 1.60. The van der Waals surface area contributed by atoms with Gasteiger partial charge < -0.3 is 17.0 Å². The Bertz CT molecular complexity index is 319. The molecule has 0 radical (unpaired) electrons. The van der Waals surface area contributed by atoms with Crippen LogP contribution in [0, 0.1) is 0 Å². The van der Waals surface area contributed by atoms with Gasteiger partial charge in [-0.15, -0.1) is 17.0 Å². The molecule has 2 aromatic rings. The summed E-state index contributed by atoms with van der Waals surface area (Å²) < 4.78 is 2.03. The van der Waals surface area contributed by atoms with E-state index in [1.165, 1.54) is 5.69 Å². The van der Waals surface area contributed by atoms with Gasteiger partial charge >= 0.3 is 0 Å². The second-order valence-corrected chi connectivity index (χ2v) is 2.35. The summed E-state index contributed by atoms with van der Waals surface area (Å²) >= 11 is 0. The maximum absolute atomic E-state index is 2.99. The molecule has 0 aliphatic carbocycles. The van der Waals surface area contributed by atoms with Gasteiger partial charge in [0.2, 0.25) is 6.33 Å². The first kappa shape index (κ1) is 12.4. The van der Waals surface area contributed by atoms with Crippen molar-refractivity contribution in [1.29, 1.82) is 0 Å². The van der Waals surface area contributed by atoms with E-state index in [9.17, 15) is 0 Å². The van der Waals surface area contributed by atoms with Crippen molar-refractivity contribution in [1.82, 2.24) is 4.98 Å². The zero-order chi connectivity index (χ0) is 7.52. The van der Waals surface area contributed by atoms with Crippen LogP contribution in [0.3, 0.4) is 0 Å². The van der Waals surface area contributed by atoms with Gasteiger partial charge in [-0.3, -0.25) is 0 Å². The van der Waals surface area contributed by atoms with Gasteiger partial charge in [0.1, 0.15) is 18.1 Å². The molecule has 1 heterocycles. The number of hydrogen-bond acceptors (Lipinski definition) is 0. The molecule has 1 aromatic carbocycles. The van der Waals surface area contributed by atoms with Crippen molar-refractivity contribution >= 4 is 17.0 Å². The third kappa shape index (κ3) is 2.97. The van der Waals surface area contributed by atoms with Crippen molar-refractivity contribution in [3.05, 3.63) is 49.1 Å². The maximum atomic E-state index is 2.99. The summed E-state index contributed by atoms with van der Waals surface area (Å²) in [6, 6.07) is 10.2. The molecule has 1 aromatic heterocycles. The molecule has 0 fully saturated rings. The number of benzene rings is 1. The number of rotatable bonds is 1. The van der Waals surface area contributed by atoms with E-state index < -0.39 is 0 Å². The Morgan fingerprint density at radius 1 is 1.08 bits per heavy atom. The van der Waals surface area contributed by atoms with Crippen LogP contribution in [0.4, 0.5) is 0 Å². The largest absolute Gasteiger partial charge is 1.00 e. The number of hydrogen-bond donors (Lipinski definition) is 1. The van der Waals surface area contributed by atoms with Crippen molar-refractivity contribution in [2.24, 2.45) is 0 Å². The Morgan fingerprint density at radius 3 is 2.31 bits per heavy atom.